The second kappa shape index (κ2) is 6.62. The molecular weight excluding hydrogens is 364 g/mol. The zero-order valence-corrected chi connectivity index (χ0v) is 14.4. The maximum Gasteiger partial charge on any atom is 0.271 e. The number of rotatable bonds is 4. The highest BCUT2D eigenvalue weighted by Crippen LogP contribution is 2.28. The van der Waals surface area contributed by atoms with Crippen molar-refractivity contribution < 1.29 is 9.63 Å². The average molecular weight is 379 g/mol. The van der Waals surface area contributed by atoms with Crippen molar-refractivity contribution in [1.82, 2.24) is 4.90 Å². The minimum absolute atomic E-state index is 0.0806. The number of nitrogens with zero attached hydrogens (tertiary/aromatic N) is 2. The maximum atomic E-state index is 12.4. The molecule has 0 bridgehead atoms. The van der Waals surface area contributed by atoms with Gasteiger partial charge in [-0.1, -0.05) is 35.5 Å². The third-order valence-electron chi connectivity index (χ3n) is 3.45. The summed E-state index contributed by atoms with van der Waals surface area (Å²) in [5, 5.41) is 5.99. The predicted octanol–water partition coefficient (Wildman–Crippen LogP) is 3.99. The van der Waals surface area contributed by atoms with Gasteiger partial charge in [-0.05, 0) is 27.6 Å². The second-order valence-corrected chi connectivity index (χ2v) is 7.05. The smallest absolute Gasteiger partial charge is 0.271 e. The second-order valence-electron chi connectivity index (χ2n) is 5.14. The Bertz CT molecular complexity index is 699. The molecule has 1 aliphatic rings. The summed E-state index contributed by atoms with van der Waals surface area (Å²) < 4.78 is 1.04. The van der Waals surface area contributed by atoms with Gasteiger partial charge < -0.3 is 9.74 Å². The van der Waals surface area contributed by atoms with Crippen LogP contribution in [0.5, 0.6) is 0 Å². The van der Waals surface area contributed by atoms with Crippen LogP contribution in [0, 0.1) is 0 Å². The molecule has 1 atom stereocenters. The molecule has 0 saturated heterocycles. The van der Waals surface area contributed by atoms with Crippen LogP contribution in [-0.4, -0.2) is 23.6 Å². The van der Waals surface area contributed by atoms with Crippen molar-refractivity contribution in [3.05, 3.63) is 56.7 Å². The lowest BCUT2D eigenvalue weighted by atomic mass is 10.0. The van der Waals surface area contributed by atoms with Crippen LogP contribution < -0.4 is 0 Å². The van der Waals surface area contributed by atoms with Gasteiger partial charge in [-0.15, -0.1) is 11.3 Å². The van der Waals surface area contributed by atoms with Crippen LogP contribution in [0.3, 0.4) is 0 Å². The normalized spacial score (nSPS) is 17.0. The van der Waals surface area contributed by atoms with Gasteiger partial charge in [0.05, 0.1) is 6.54 Å². The average Bonchev–Trinajstić information content (AvgIpc) is 3.17. The fourth-order valence-corrected chi connectivity index (χ4v) is 3.82. The molecule has 1 aliphatic heterocycles. The van der Waals surface area contributed by atoms with Gasteiger partial charge in [0.1, 0.15) is 5.71 Å². The van der Waals surface area contributed by atoms with E-state index in [1.807, 2.05) is 41.8 Å². The van der Waals surface area contributed by atoms with Crippen LogP contribution >= 0.6 is 27.3 Å². The molecule has 4 nitrogen and oxygen atoms in total. The van der Waals surface area contributed by atoms with E-state index in [2.05, 4.69) is 21.1 Å². The van der Waals surface area contributed by atoms with Crippen molar-refractivity contribution in [1.29, 1.82) is 0 Å². The molecule has 1 unspecified atom stereocenters. The molecule has 0 radical (unpaired) electrons. The molecule has 1 aromatic carbocycles. The molecule has 0 aliphatic carbocycles. The number of carbonyl (C=O) groups excluding carboxylic acids is 1. The Balaban J connectivity index is 1.61. The predicted molar refractivity (Wildman–Crippen MR) is 90.8 cm³/mol. The Kier molecular flexibility index (Phi) is 4.59. The number of carbonyl (C=O) groups is 1. The van der Waals surface area contributed by atoms with Crippen molar-refractivity contribution in [3.8, 4) is 0 Å². The molecule has 1 amide bonds. The third kappa shape index (κ3) is 3.39. The van der Waals surface area contributed by atoms with Gasteiger partial charge in [-0.3, -0.25) is 4.79 Å². The van der Waals surface area contributed by atoms with Crippen molar-refractivity contribution >= 4 is 38.9 Å². The highest BCUT2D eigenvalue weighted by molar-refractivity contribution is 9.10. The molecule has 2 aromatic rings. The number of benzene rings is 1. The molecular formula is C16H15BrN2O2S. The summed E-state index contributed by atoms with van der Waals surface area (Å²) in [5.74, 6) is -0.0806. The summed E-state index contributed by atoms with van der Waals surface area (Å²) in [4.78, 5) is 20.7. The molecule has 1 aromatic heterocycles. The summed E-state index contributed by atoms with van der Waals surface area (Å²) in [6.07, 6.45) is 0.353. The largest absolute Gasteiger partial charge is 0.387 e. The van der Waals surface area contributed by atoms with E-state index in [0.717, 1.165) is 14.9 Å². The first kappa shape index (κ1) is 15.2. The molecule has 0 spiro atoms. The van der Waals surface area contributed by atoms with Crippen molar-refractivity contribution in [2.75, 3.05) is 7.05 Å². The van der Waals surface area contributed by atoms with Gasteiger partial charge in [0, 0.05) is 28.2 Å². The van der Waals surface area contributed by atoms with Crippen molar-refractivity contribution in [3.63, 3.8) is 0 Å². The highest BCUT2D eigenvalue weighted by atomic mass is 79.9. The summed E-state index contributed by atoms with van der Waals surface area (Å²) in [7, 11) is 1.79. The lowest BCUT2D eigenvalue weighted by Crippen LogP contribution is -2.32. The Morgan fingerprint density at radius 2 is 2.23 bits per heavy atom. The Labute approximate surface area is 141 Å². The quantitative estimate of drug-likeness (QED) is 0.806. The Morgan fingerprint density at radius 3 is 2.91 bits per heavy atom. The lowest BCUT2D eigenvalue weighted by Gasteiger charge is -2.15. The van der Waals surface area contributed by atoms with E-state index in [1.54, 1.807) is 23.3 Å². The van der Waals surface area contributed by atoms with E-state index < -0.39 is 0 Å². The number of thiophene rings is 1. The van der Waals surface area contributed by atoms with Crippen LogP contribution in [0.15, 0.2) is 51.4 Å². The van der Waals surface area contributed by atoms with Crippen molar-refractivity contribution in [2.24, 2.45) is 5.16 Å². The Morgan fingerprint density at radius 1 is 1.45 bits per heavy atom. The third-order valence-corrected chi connectivity index (χ3v) is 5.13. The number of amides is 1. The SMILES string of the molecule is CN(Cc1cc(Br)cs1)C(=O)C1=NOC(c2ccccc2)C1. The minimum atomic E-state index is -0.163. The fourth-order valence-electron chi connectivity index (χ4n) is 2.31. The standard InChI is InChI=1S/C16H15BrN2O2S/c1-19(9-13-7-12(17)10-22-13)16(20)14-8-15(21-18-14)11-5-3-2-4-6-11/h2-7,10,15H,8-9H2,1H3. The van der Waals surface area contributed by atoms with Gasteiger partial charge in [0.25, 0.3) is 5.91 Å². The lowest BCUT2D eigenvalue weighted by molar-refractivity contribution is -0.123. The highest BCUT2D eigenvalue weighted by Gasteiger charge is 2.29. The monoisotopic (exact) mass is 378 g/mol. The fraction of sp³-hybridized carbons (Fsp3) is 0.250. The zero-order chi connectivity index (χ0) is 15.5. The summed E-state index contributed by atoms with van der Waals surface area (Å²) in [6.45, 7) is 0.574. The molecule has 3 rings (SSSR count). The first-order chi connectivity index (χ1) is 10.6. The van der Waals surface area contributed by atoms with E-state index in [9.17, 15) is 4.79 Å². The summed E-state index contributed by atoms with van der Waals surface area (Å²) in [5.41, 5.74) is 1.52. The number of oxime groups is 1. The van der Waals surface area contributed by atoms with Gasteiger partial charge in [0.2, 0.25) is 0 Å². The van der Waals surface area contributed by atoms with E-state index in [0.29, 0.717) is 18.7 Å². The first-order valence-electron chi connectivity index (χ1n) is 6.89. The number of hydrogen-bond donors (Lipinski definition) is 0. The zero-order valence-electron chi connectivity index (χ0n) is 12.0. The van der Waals surface area contributed by atoms with Gasteiger partial charge in [-0.2, -0.15) is 0 Å². The molecule has 2 heterocycles. The molecule has 0 fully saturated rings. The van der Waals surface area contributed by atoms with E-state index in [-0.39, 0.29) is 12.0 Å². The van der Waals surface area contributed by atoms with E-state index in [4.69, 9.17) is 4.84 Å². The van der Waals surface area contributed by atoms with Gasteiger partial charge in [-0.25, -0.2) is 0 Å². The Hall–Kier alpha value is -1.66. The van der Waals surface area contributed by atoms with Crippen LogP contribution in [0.1, 0.15) is 23.0 Å². The van der Waals surface area contributed by atoms with Crippen LogP contribution in [0.25, 0.3) is 0 Å². The topological polar surface area (TPSA) is 41.9 Å². The molecule has 0 saturated carbocycles. The van der Waals surface area contributed by atoms with Crippen LogP contribution in [0.2, 0.25) is 0 Å². The number of halogens is 1. The number of hydrogen-bond acceptors (Lipinski definition) is 4. The first-order valence-corrected chi connectivity index (χ1v) is 8.57. The van der Waals surface area contributed by atoms with Crippen LogP contribution in [-0.2, 0) is 16.2 Å². The van der Waals surface area contributed by atoms with Gasteiger partial charge >= 0.3 is 0 Å². The molecule has 6 heteroatoms. The van der Waals surface area contributed by atoms with Gasteiger partial charge in [0.15, 0.2) is 6.10 Å². The minimum Gasteiger partial charge on any atom is -0.387 e. The van der Waals surface area contributed by atoms with Crippen molar-refractivity contribution in [2.45, 2.75) is 19.1 Å². The van der Waals surface area contributed by atoms with Crippen LogP contribution in [0.4, 0.5) is 0 Å². The van der Waals surface area contributed by atoms with E-state index >= 15 is 0 Å². The van der Waals surface area contributed by atoms with E-state index in [1.165, 1.54) is 0 Å². The molecule has 0 N–H and O–H groups in total. The molecule has 114 valence electrons. The molecule has 22 heavy (non-hydrogen) atoms. The maximum absolute atomic E-state index is 12.4. The summed E-state index contributed by atoms with van der Waals surface area (Å²) >= 11 is 5.05. The summed E-state index contributed by atoms with van der Waals surface area (Å²) in [6, 6.07) is 11.9.